The lowest BCUT2D eigenvalue weighted by atomic mass is 9.98. The van der Waals surface area contributed by atoms with Crippen molar-refractivity contribution in [3.63, 3.8) is 0 Å². The zero-order valence-corrected chi connectivity index (χ0v) is 9.25. The van der Waals surface area contributed by atoms with Crippen molar-refractivity contribution in [1.82, 2.24) is 0 Å². The van der Waals surface area contributed by atoms with Crippen LogP contribution >= 0.6 is 0 Å². The third-order valence-electron chi connectivity index (χ3n) is 2.76. The monoisotopic (exact) mass is 204 g/mol. The fourth-order valence-electron chi connectivity index (χ4n) is 2.04. The van der Waals surface area contributed by atoms with Crippen LogP contribution in [0.1, 0.15) is 30.9 Å². The quantitative estimate of drug-likeness (QED) is 0.740. The molecule has 1 unspecified atom stereocenters. The average molecular weight is 204 g/mol. The maximum Gasteiger partial charge on any atom is 0.133 e. The van der Waals surface area contributed by atoms with Crippen molar-refractivity contribution >= 4 is 5.78 Å². The summed E-state index contributed by atoms with van der Waals surface area (Å²) < 4.78 is 5.78. The van der Waals surface area contributed by atoms with E-state index < -0.39 is 0 Å². The average Bonchev–Trinajstić information content (AvgIpc) is 2.17. The van der Waals surface area contributed by atoms with Gasteiger partial charge in [-0.2, -0.15) is 0 Å². The molecule has 1 atom stereocenters. The van der Waals surface area contributed by atoms with E-state index >= 15 is 0 Å². The van der Waals surface area contributed by atoms with E-state index in [-0.39, 0.29) is 11.9 Å². The van der Waals surface area contributed by atoms with E-state index in [1.165, 1.54) is 11.1 Å². The summed E-state index contributed by atoms with van der Waals surface area (Å²) in [5.74, 6) is 1.16. The summed E-state index contributed by atoms with van der Waals surface area (Å²) in [5, 5.41) is 0. The first-order valence-corrected chi connectivity index (χ1v) is 5.41. The van der Waals surface area contributed by atoms with Gasteiger partial charge in [0.15, 0.2) is 0 Å². The number of hydrogen-bond acceptors (Lipinski definition) is 2. The van der Waals surface area contributed by atoms with Crippen molar-refractivity contribution < 1.29 is 9.53 Å². The van der Waals surface area contributed by atoms with Crippen molar-refractivity contribution in [1.29, 1.82) is 0 Å². The topological polar surface area (TPSA) is 26.3 Å². The first kappa shape index (κ1) is 10.2. The van der Waals surface area contributed by atoms with E-state index in [1.54, 1.807) is 6.92 Å². The van der Waals surface area contributed by atoms with Gasteiger partial charge in [0, 0.05) is 6.42 Å². The van der Waals surface area contributed by atoms with Gasteiger partial charge in [0.1, 0.15) is 17.6 Å². The molecule has 0 fully saturated rings. The molecule has 2 rings (SSSR count). The van der Waals surface area contributed by atoms with Gasteiger partial charge in [-0.1, -0.05) is 17.7 Å². The molecule has 80 valence electrons. The summed E-state index contributed by atoms with van der Waals surface area (Å²) in [7, 11) is 0. The predicted octanol–water partition coefficient (Wildman–Crippen LogP) is 2.67. The second-order valence-electron chi connectivity index (χ2n) is 4.30. The van der Waals surface area contributed by atoms with E-state index in [0.29, 0.717) is 6.42 Å². The van der Waals surface area contributed by atoms with Crippen LogP contribution in [-0.2, 0) is 11.2 Å². The van der Waals surface area contributed by atoms with Gasteiger partial charge in [-0.05, 0) is 38.3 Å². The highest BCUT2D eigenvalue weighted by Gasteiger charge is 2.20. The van der Waals surface area contributed by atoms with Gasteiger partial charge in [0.2, 0.25) is 0 Å². The molecule has 2 heteroatoms. The number of ketones is 1. The lowest BCUT2D eigenvalue weighted by molar-refractivity contribution is -0.118. The summed E-state index contributed by atoms with van der Waals surface area (Å²) in [6.45, 7) is 3.70. The number of rotatable bonds is 2. The number of hydrogen-bond donors (Lipinski definition) is 0. The van der Waals surface area contributed by atoms with E-state index in [4.69, 9.17) is 4.74 Å². The van der Waals surface area contributed by atoms with Crippen molar-refractivity contribution in [2.75, 3.05) is 0 Å². The van der Waals surface area contributed by atoms with E-state index in [2.05, 4.69) is 19.1 Å². The Kier molecular flexibility index (Phi) is 2.76. The van der Waals surface area contributed by atoms with Gasteiger partial charge in [-0.3, -0.25) is 4.79 Å². The Balaban J connectivity index is 2.13. The molecule has 1 aromatic carbocycles. The maximum absolute atomic E-state index is 11.0. The van der Waals surface area contributed by atoms with Crippen molar-refractivity contribution in [2.45, 2.75) is 39.2 Å². The smallest absolute Gasteiger partial charge is 0.133 e. The maximum atomic E-state index is 11.0. The third kappa shape index (κ3) is 2.38. The highest BCUT2D eigenvalue weighted by atomic mass is 16.5. The molecule has 0 spiro atoms. The van der Waals surface area contributed by atoms with Crippen LogP contribution in [-0.4, -0.2) is 11.9 Å². The first-order chi connectivity index (χ1) is 7.15. The Hall–Kier alpha value is -1.31. The number of carbonyl (C=O) groups excluding carboxylic acids is 1. The number of ether oxygens (including phenoxy) is 1. The molecule has 0 N–H and O–H groups in total. The van der Waals surface area contributed by atoms with E-state index in [1.807, 2.05) is 6.07 Å². The van der Waals surface area contributed by atoms with Crippen molar-refractivity contribution in [2.24, 2.45) is 0 Å². The normalized spacial score (nSPS) is 19.2. The summed E-state index contributed by atoms with van der Waals surface area (Å²) >= 11 is 0. The van der Waals surface area contributed by atoms with E-state index in [0.717, 1.165) is 18.6 Å². The molecule has 0 amide bonds. The summed E-state index contributed by atoms with van der Waals surface area (Å²) in [6.07, 6.45) is 2.59. The van der Waals surface area contributed by atoms with E-state index in [9.17, 15) is 4.79 Å². The number of carbonyl (C=O) groups is 1. The van der Waals surface area contributed by atoms with Gasteiger partial charge < -0.3 is 4.74 Å². The number of Topliss-reactive ketones (excluding diaryl/α,β-unsaturated/α-hetero) is 1. The molecule has 2 nitrogen and oxygen atoms in total. The molecule has 1 aliphatic rings. The molecular weight excluding hydrogens is 188 g/mol. The van der Waals surface area contributed by atoms with Crippen LogP contribution in [0.4, 0.5) is 0 Å². The zero-order chi connectivity index (χ0) is 10.8. The molecule has 0 saturated heterocycles. The van der Waals surface area contributed by atoms with Gasteiger partial charge >= 0.3 is 0 Å². The Morgan fingerprint density at radius 2 is 2.33 bits per heavy atom. The van der Waals surface area contributed by atoms with Gasteiger partial charge in [-0.15, -0.1) is 0 Å². The highest BCUT2D eigenvalue weighted by molar-refractivity contribution is 5.76. The number of aryl methyl sites for hydroxylation is 2. The molecule has 0 radical (unpaired) electrons. The molecule has 15 heavy (non-hydrogen) atoms. The number of fused-ring (bicyclic) bond motifs is 1. The van der Waals surface area contributed by atoms with Crippen LogP contribution in [0.5, 0.6) is 5.75 Å². The fourth-order valence-corrected chi connectivity index (χ4v) is 2.04. The Labute approximate surface area is 90.3 Å². The first-order valence-electron chi connectivity index (χ1n) is 5.41. The molecule has 1 heterocycles. The lowest BCUT2D eigenvalue weighted by Crippen LogP contribution is -2.24. The van der Waals surface area contributed by atoms with Crippen LogP contribution in [0.25, 0.3) is 0 Å². The minimum absolute atomic E-state index is 0.0812. The van der Waals surface area contributed by atoms with Crippen LogP contribution in [0.3, 0.4) is 0 Å². The minimum Gasteiger partial charge on any atom is -0.490 e. The van der Waals surface area contributed by atoms with Crippen LogP contribution in [0.15, 0.2) is 18.2 Å². The SMILES string of the molecule is CC(=O)CC1CCc2cc(C)ccc2O1. The van der Waals surface area contributed by atoms with Crippen LogP contribution in [0.2, 0.25) is 0 Å². The molecule has 1 aromatic rings. The second kappa shape index (κ2) is 4.05. The molecule has 0 bridgehead atoms. The second-order valence-corrected chi connectivity index (χ2v) is 4.30. The molecule has 0 aliphatic carbocycles. The van der Waals surface area contributed by atoms with Crippen molar-refractivity contribution in [3.05, 3.63) is 29.3 Å². The molecular formula is C13H16O2. The standard InChI is InChI=1S/C13H16O2/c1-9-3-6-13-11(7-9)4-5-12(15-13)8-10(2)14/h3,6-7,12H,4-5,8H2,1-2H3. The largest absolute Gasteiger partial charge is 0.490 e. The Bertz CT molecular complexity index is 382. The van der Waals surface area contributed by atoms with Gasteiger partial charge in [0.25, 0.3) is 0 Å². The van der Waals surface area contributed by atoms with Gasteiger partial charge in [0.05, 0.1) is 0 Å². The Morgan fingerprint density at radius 1 is 1.53 bits per heavy atom. The zero-order valence-electron chi connectivity index (χ0n) is 9.25. The molecule has 1 aliphatic heterocycles. The summed E-state index contributed by atoms with van der Waals surface area (Å²) in [4.78, 5) is 11.0. The van der Waals surface area contributed by atoms with Crippen LogP contribution in [0, 0.1) is 6.92 Å². The lowest BCUT2D eigenvalue weighted by Gasteiger charge is -2.25. The summed E-state index contributed by atoms with van der Waals surface area (Å²) in [5.41, 5.74) is 2.54. The number of benzene rings is 1. The highest BCUT2D eigenvalue weighted by Crippen LogP contribution is 2.29. The third-order valence-corrected chi connectivity index (χ3v) is 2.76. The Morgan fingerprint density at radius 3 is 3.07 bits per heavy atom. The fraction of sp³-hybridized carbons (Fsp3) is 0.462. The van der Waals surface area contributed by atoms with Gasteiger partial charge in [-0.25, -0.2) is 0 Å². The molecule has 0 saturated carbocycles. The minimum atomic E-state index is 0.0812. The molecule has 0 aromatic heterocycles. The summed E-state index contributed by atoms with van der Waals surface area (Å²) in [6, 6.07) is 6.23. The van der Waals surface area contributed by atoms with Crippen molar-refractivity contribution in [3.8, 4) is 5.75 Å². The van der Waals surface area contributed by atoms with Crippen LogP contribution < -0.4 is 4.74 Å². The predicted molar refractivity (Wildman–Crippen MR) is 59.2 cm³/mol.